The molecule has 0 N–H and O–H groups in total. The molecule has 0 spiro atoms. The van der Waals surface area contributed by atoms with Gasteiger partial charge in [-0.3, -0.25) is 9.69 Å². The van der Waals surface area contributed by atoms with Gasteiger partial charge in [-0.15, -0.1) is 0 Å². The Hall–Kier alpha value is -1.12. The van der Waals surface area contributed by atoms with Gasteiger partial charge in [0, 0.05) is 5.02 Å². The summed E-state index contributed by atoms with van der Waals surface area (Å²) in [6.07, 6.45) is 1.83. The monoisotopic (exact) mass is 251 g/mol. The van der Waals surface area contributed by atoms with Gasteiger partial charge in [0.25, 0.3) is 0 Å². The van der Waals surface area contributed by atoms with Gasteiger partial charge in [-0.05, 0) is 45.1 Å². The molecule has 0 saturated heterocycles. The number of hydrogen-bond donors (Lipinski definition) is 0. The van der Waals surface area contributed by atoms with Crippen LogP contribution in [0.1, 0.15) is 25.5 Å². The summed E-state index contributed by atoms with van der Waals surface area (Å²) < 4.78 is 0. The first kappa shape index (κ1) is 13.9. The number of rotatable bonds is 4. The molecular formula is C14H18ClNO. The van der Waals surface area contributed by atoms with Gasteiger partial charge in [-0.2, -0.15) is 0 Å². The smallest absolute Gasteiger partial charge is 0.179 e. The van der Waals surface area contributed by atoms with E-state index in [-0.39, 0.29) is 11.8 Å². The van der Waals surface area contributed by atoms with Crippen molar-refractivity contribution >= 4 is 17.4 Å². The molecule has 0 saturated carbocycles. The van der Waals surface area contributed by atoms with E-state index in [1.54, 1.807) is 0 Å². The zero-order valence-electron chi connectivity index (χ0n) is 10.7. The molecule has 0 amide bonds. The van der Waals surface area contributed by atoms with Crippen molar-refractivity contribution in [2.75, 3.05) is 14.1 Å². The van der Waals surface area contributed by atoms with Crippen LogP contribution >= 0.6 is 11.6 Å². The normalized spacial score (nSPS) is 13.9. The molecule has 0 aliphatic carbocycles. The van der Waals surface area contributed by atoms with Crippen LogP contribution in [0.4, 0.5) is 0 Å². The minimum absolute atomic E-state index is 0.0885. The highest BCUT2D eigenvalue weighted by Gasteiger charge is 2.25. The summed E-state index contributed by atoms with van der Waals surface area (Å²) in [6, 6.07) is 7.15. The van der Waals surface area contributed by atoms with E-state index in [1.807, 2.05) is 63.2 Å². The number of Topliss-reactive ketones (excluding diaryl/α,β-unsaturated/α-hetero) is 1. The summed E-state index contributed by atoms with van der Waals surface area (Å²) in [5.41, 5.74) is 1.61. The summed E-state index contributed by atoms with van der Waals surface area (Å²) in [5.74, 6) is 0.0885. The zero-order chi connectivity index (χ0) is 13.0. The zero-order valence-corrected chi connectivity index (χ0v) is 11.5. The molecule has 1 rings (SSSR count). The highest BCUT2D eigenvalue weighted by molar-refractivity contribution is 6.31. The molecule has 0 aliphatic heterocycles. The van der Waals surface area contributed by atoms with E-state index in [2.05, 4.69) is 0 Å². The fourth-order valence-corrected chi connectivity index (χ4v) is 1.95. The van der Waals surface area contributed by atoms with Crippen molar-refractivity contribution in [2.24, 2.45) is 0 Å². The Bertz CT molecular complexity index is 438. The van der Waals surface area contributed by atoms with Crippen LogP contribution in [0.25, 0.3) is 0 Å². The molecule has 1 aromatic carbocycles. The maximum atomic E-state index is 12.3. The van der Waals surface area contributed by atoms with Crippen LogP contribution in [-0.2, 0) is 4.79 Å². The highest BCUT2D eigenvalue weighted by Crippen LogP contribution is 2.28. The molecule has 3 heteroatoms. The van der Waals surface area contributed by atoms with Gasteiger partial charge in [0.05, 0.1) is 6.04 Å². The van der Waals surface area contributed by atoms with Crippen molar-refractivity contribution in [1.29, 1.82) is 0 Å². The molecular weight excluding hydrogens is 234 g/mol. The second-order valence-electron chi connectivity index (χ2n) is 4.22. The summed E-state index contributed by atoms with van der Waals surface area (Å²) in [4.78, 5) is 14.2. The number of benzene rings is 1. The highest BCUT2D eigenvalue weighted by atomic mass is 35.5. The largest absolute Gasteiger partial charge is 0.296 e. The third-order valence-electron chi connectivity index (χ3n) is 2.79. The average molecular weight is 252 g/mol. The molecule has 1 unspecified atom stereocenters. The van der Waals surface area contributed by atoms with E-state index in [1.165, 1.54) is 0 Å². The Kier molecular flexibility index (Phi) is 4.91. The van der Waals surface area contributed by atoms with E-state index >= 15 is 0 Å². The number of likely N-dealkylation sites (N-methyl/N-ethyl adjacent to an activating group) is 1. The van der Waals surface area contributed by atoms with Gasteiger partial charge in [0.1, 0.15) is 0 Å². The van der Waals surface area contributed by atoms with Gasteiger partial charge in [-0.1, -0.05) is 35.9 Å². The second-order valence-corrected chi connectivity index (χ2v) is 4.63. The van der Waals surface area contributed by atoms with Crippen LogP contribution < -0.4 is 0 Å². The Labute approximate surface area is 108 Å². The molecule has 17 heavy (non-hydrogen) atoms. The van der Waals surface area contributed by atoms with Crippen molar-refractivity contribution in [3.8, 4) is 0 Å². The molecule has 2 nitrogen and oxygen atoms in total. The van der Waals surface area contributed by atoms with E-state index in [4.69, 9.17) is 11.6 Å². The Morgan fingerprint density at radius 2 is 1.94 bits per heavy atom. The maximum absolute atomic E-state index is 12.3. The number of nitrogens with zero attached hydrogens (tertiary/aromatic N) is 1. The predicted octanol–water partition coefficient (Wildman–Crippen LogP) is 3.48. The van der Waals surface area contributed by atoms with Gasteiger partial charge in [-0.25, -0.2) is 0 Å². The summed E-state index contributed by atoms with van der Waals surface area (Å²) >= 11 is 6.16. The molecule has 0 fully saturated rings. The Morgan fingerprint density at radius 1 is 1.35 bits per heavy atom. The number of halogens is 1. The van der Waals surface area contributed by atoms with Crippen molar-refractivity contribution in [2.45, 2.75) is 19.9 Å². The number of hydrogen-bond acceptors (Lipinski definition) is 2. The molecule has 0 aliphatic rings. The quantitative estimate of drug-likeness (QED) is 0.764. The van der Waals surface area contributed by atoms with Gasteiger partial charge < -0.3 is 0 Å². The molecule has 0 aromatic heterocycles. The maximum Gasteiger partial charge on any atom is 0.179 e. The van der Waals surface area contributed by atoms with E-state index in [0.29, 0.717) is 5.02 Å². The number of carbonyl (C=O) groups excluding carboxylic acids is 1. The SMILES string of the molecule is CC=C(C)C(=O)C(c1ccccc1Cl)N(C)C. The lowest BCUT2D eigenvalue weighted by Gasteiger charge is -2.24. The minimum Gasteiger partial charge on any atom is -0.296 e. The van der Waals surface area contributed by atoms with E-state index in [0.717, 1.165) is 11.1 Å². The first-order valence-electron chi connectivity index (χ1n) is 5.57. The lowest BCUT2D eigenvalue weighted by atomic mass is 9.97. The summed E-state index contributed by atoms with van der Waals surface area (Å²) in [7, 11) is 3.77. The minimum atomic E-state index is -0.320. The first-order valence-corrected chi connectivity index (χ1v) is 5.94. The van der Waals surface area contributed by atoms with Crippen LogP contribution in [-0.4, -0.2) is 24.8 Å². The van der Waals surface area contributed by atoms with Gasteiger partial charge >= 0.3 is 0 Å². The average Bonchev–Trinajstić information content (AvgIpc) is 2.30. The van der Waals surface area contributed by atoms with Crippen LogP contribution in [0, 0.1) is 0 Å². The van der Waals surface area contributed by atoms with Crippen molar-refractivity contribution in [3.05, 3.63) is 46.5 Å². The third kappa shape index (κ3) is 3.18. The molecule has 1 aromatic rings. The molecule has 92 valence electrons. The summed E-state index contributed by atoms with van der Waals surface area (Å²) in [5, 5.41) is 0.628. The standard InChI is InChI=1S/C14H18ClNO/c1-5-10(2)14(17)13(16(3)4)11-8-6-7-9-12(11)15/h5-9,13H,1-4H3. The predicted molar refractivity (Wildman–Crippen MR) is 72.3 cm³/mol. The number of ketones is 1. The van der Waals surface area contributed by atoms with Crippen molar-refractivity contribution in [1.82, 2.24) is 4.90 Å². The van der Waals surface area contributed by atoms with Crippen LogP contribution in [0.2, 0.25) is 5.02 Å². The molecule has 1 atom stereocenters. The second kappa shape index (κ2) is 5.99. The number of allylic oxidation sites excluding steroid dienone is 1. The number of carbonyl (C=O) groups is 1. The fourth-order valence-electron chi connectivity index (χ4n) is 1.71. The van der Waals surface area contributed by atoms with Crippen LogP contribution in [0.3, 0.4) is 0 Å². The van der Waals surface area contributed by atoms with Crippen molar-refractivity contribution in [3.63, 3.8) is 0 Å². The lowest BCUT2D eigenvalue weighted by Crippen LogP contribution is -2.28. The van der Waals surface area contributed by atoms with E-state index < -0.39 is 0 Å². The lowest BCUT2D eigenvalue weighted by molar-refractivity contribution is -0.119. The topological polar surface area (TPSA) is 20.3 Å². The van der Waals surface area contributed by atoms with Crippen molar-refractivity contribution < 1.29 is 4.79 Å². The third-order valence-corrected chi connectivity index (χ3v) is 3.13. The summed E-state index contributed by atoms with van der Waals surface area (Å²) in [6.45, 7) is 3.70. The Morgan fingerprint density at radius 3 is 2.41 bits per heavy atom. The molecule has 0 bridgehead atoms. The van der Waals surface area contributed by atoms with Crippen LogP contribution in [0.15, 0.2) is 35.9 Å². The van der Waals surface area contributed by atoms with E-state index in [9.17, 15) is 4.79 Å². The van der Waals surface area contributed by atoms with Gasteiger partial charge in [0.2, 0.25) is 0 Å². The fraction of sp³-hybridized carbons (Fsp3) is 0.357. The first-order chi connectivity index (χ1) is 7.99. The van der Waals surface area contributed by atoms with Crippen LogP contribution in [0.5, 0.6) is 0 Å². The Balaban J connectivity index is 3.20. The molecule has 0 heterocycles. The molecule has 0 radical (unpaired) electrons. The van der Waals surface area contributed by atoms with Gasteiger partial charge in [0.15, 0.2) is 5.78 Å².